The van der Waals surface area contributed by atoms with Gasteiger partial charge in [0.15, 0.2) is 5.60 Å². The van der Waals surface area contributed by atoms with Crippen LogP contribution in [0.25, 0.3) is 0 Å². The Labute approximate surface area is 155 Å². The van der Waals surface area contributed by atoms with Crippen molar-refractivity contribution in [3.05, 3.63) is 71.8 Å². The van der Waals surface area contributed by atoms with Crippen molar-refractivity contribution in [2.45, 2.75) is 18.4 Å². The predicted octanol–water partition coefficient (Wildman–Crippen LogP) is 2.46. The molecular formula is C20H25ClN2O2. The van der Waals surface area contributed by atoms with Crippen LogP contribution in [0.5, 0.6) is 0 Å². The van der Waals surface area contributed by atoms with Crippen LogP contribution in [0.2, 0.25) is 0 Å². The highest BCUT2D eigenvalue weighted by atomic mass is 35.5. The molecule has 134 valence electrons. The maximum atomic E-state index is 12.9. The summed E-state index contributed by atoms with van der Waals surface area (Å²) < 4.78 is 0. The van der Waals surface area contributed by atoms with Crippen LogP contribution in [-0.4, -0.2) is 30.6 Å². The van der Waals surface area contributed by atoms with Gasteiger partial charge < -0.3 is 15.7 Å². The fraction of sp³-hybridized carbons (Fsp3) is 0.350. The molecule has 4 nitrogen and oxygen atoms in total. The average molecular weight is 361 g/mol. The van der Waals surface area contributed by atoms with Gasteiger partial charge in [-0.3, -0.25) is 4.79 Å². The molecule has 0 aromatic heterocycles. The van der Waals surface area contributed by atoms with Gasteiger partial charge in [-0.15, -0.1) is 12.4 Å². The Hall–Kier alpha value is -1.88. The van der Waals surface area contributed by atoms with E-state index in [9.17, 15) is 9.90 Å². The Bertz CT molecular complexity index is 618. The lowest BCUT2D eigenvalue weighted by atomic mass is 9.85. The van der Waals surface area contributed by atoms with Gasteiger partial charge in [-0.1, -0.05) is 60.7 Å². The van der Waals surface area contributed by atoms with Crippen molar-refractivity contribution in [3.63, 3.8) is 0 Å². The number of hydrogen-bond acceptors (Lipinski definition) is 3. The molecule has 1 aliphatic rings. The van der Waals surface area contributed by atoms with Crippen LogP contribution >= 0.6 is 12.4 Å². The number of halogens is 1. The molecule has 1 saturated heterocycles. The van der Waals surface area contributed by atoms with Gasteiger partial charge in [-0.2, -0.15) is 0 Å². The zero-order valence-electron chi connectivity index (χ0n) is 14.2. The fourth-order valence-electron chi connectivity index (χ4n) is 3.25. The Morgan fingerprint density at radius 2 is 1.64 bits per heavy atom. The minimum atomic E-state index is -1.68. The van der Waals surface area contributed by atoms with Crippen LogP contribution in [0.1, 0.15) is 24.0 Å². The third-order valence-electron chi connectivity index (χ3n) is 4.66. The zero-order chi connectivity index (χ0) is 16.8. The molecule has 0 aliphatic carbocycles. The molecule has 0 radical (unpaired) electrons. The van der Waals surface area contributed by atoms with Crippen molar-refractivity contribution >= 4 is 18.3 Å². The van der Waals surface area contributed by atoms with Gasteiger partial charge in [0.1, 0.15) is 0 Å². The average Bonchev–Trinajstić information content (AvgIpc) is 2.67. The van der Waals surface area contributed by atoms with Crippen molar-refractivity contribution in [3.8, 4) is 0 Å². The number of carbonyl (C=O) groups excluding carboxylic acids is 1. The molecule has 0 spiro atoms. The number of benzene rings is 2. The van der Waals surface area contributed by atoms with E-state index in [0.717, 1.165) is 25.9 Å². The number of hydrogen-bond donors (Lipinski definition) is 3. The second kappa shape index (κ2) is 8.99. The number of nitrogens with one attached hydrogen (secondary N) is 2. The lowest BCUT2D eigenvalue weighted by Crippen LogP contribution is -2.48. The molecular weight excluding hydrogens is 336 g/mol. The molecule has 25 heavy (non-hydrogen) atoms. The molecule has 3 N–H and O–H groups in total. The summed E-state index contributed by atoms with van der Waals surface area (Å²) in [5.41, 5.74) is -0.518. The van der Waals surface area contributed by atoms with Crippen molar-refractivity contribution in [1.82, 2.24) is 10.6 Å². The maximum absolute atomic E-state index is 12.9. The molecule has 1 fully saturated rings. The number of aliphatic hydroxyl groups is 1. The molecule has 1 amide bonds. The normalized spacial score (nSPS) is 17.4. The van der Waals surface area contributed by atoms with Gasteiger partial charge in [0, 0.05) is 6.54 Å². The van der Waals surface area contributed by atoms with Crippen LogP contribution in [-0.2, 0) is 10.4 Å². The van der Waals surface area contributed by atoms with E-state index in [1.807, 2.05) is 36.4 Å². The standard InChI is InChI=1S/C20H24N2O2.ClH/c23-19(22-15-16-8-7-13-21-14-16)20(24,17-9-3-1-4-10-17)18-11-5-2-6-12-18;/h1-6,9-12,16,21,24H,7-8,13-15H2,(H,22,23);1H. The summed E-state index contributed by atoms with van der Waals surface area (Å²) in [6.45, 7) is 2.53. The monoisotopic (exact) mass is 360 g/mol. The van der Waals surface area contributed by atoms with Crippen LogP contribution in [0, 0.1) is 5.92 Å². The summed E-state index contributed by atoms with van der Waals surface area (Å²) in [4.78, 5) is 12.9. The molecule has 0 bridgehead atoms. The van der Waals surface area contributed by atoms with Crippen LogP contribution in [0.4, 0.5) is 0 Å². The van der Waals surface area contributed by atoms with Crippen LogP contribution in [0.15, 0.2) is 60.7 Å². The number of piperidine rings is 1. The molecule has 1 atom stereocenters. The molecule has 2 aromatic rings. The lowest BCUT2D eigenvalue weighted by Gasteiger charge is -2.30. The molecule has 1 aliphatic heterocycles. The van der Waals surface area contributed by atoms with Crippen molar-refractivity contribution in [2.75, 3.05) is 19.6 Å². The van der Waals surface area contributed by atoms with E-state index in [0.29, 0.717) is 23.6 Å². The number of rotatable bonds is 5. The van der Waals surface area contributed by atoms with Gasteiger partial charge in [-0.25, -0.2) is 0 Å². The summed E-state index contributed by atoms with van der Waals surface area (Å²) in [7, 11) is 0. The Morgan fingerprint density at radius 1 is 1.08 bits per heavy atom. The first kappa shape index (κ1) is 19.4. The highest BCUT2D eigenvalue weighted by molar-refractivity contribution is 5.90. The van der Waals surface area contributed by atoms with E-state index >= 15 is 0 Å². The van der Waals surface area contributed by atoms with Crippen LogP contribution in [0.3, 0.4) is 0 Å². The summed E-state index contributed by atoms with van der Waals surface area (Å²) in [5, 5.41) is 17.6. The number of amides is 1. The van der Waals surface area contributed by atoms with Crippen LogP contribution < -0.4 is 10.6 Å². The first-order valence-corrected chi connectivity index (χ1v) is 8.53. The smallest absolute Gasteiger partial charge is 0.261 e. The topological polar surface area (TPSA) is 61.4 Å². The predicted molar refractivity (Wildman–Crippen MR) is 102 cm³/mol. The first-order chi connectivity index (χ1) is 11.7. The summed E-state index contributed by atoms with van der Waals surface area (Å²) in [5.74, 6) is 0.0453. The van der Waals surface area contributed by atoms with E-state index in [1.165, 1.54) is 0 Å². The molecule has 1 heterocycles. The third kappa shape index (κ3) is 4.40. The number of carbonyl (C=O) groups is 1. The van der Waals surface area contributed by atoms with Gasteiger partial charge in [0.05, 0.1) is 0 Å². The largest absolute Gasteiger partial charge is 0.372 e. The second-order valence-electron chi connectivity index (χ2n) is 6.36. The van der Waals surface area contributed by atoms with E-state index in [2.05, 4.69) is 10.6 Å². The van der Waals surface area contributed by atoms with E-state index < -0.39 is 5.60 Å². The fourth-order valence-corrected chi connectivity index (χ4v) is 3.25. The highest BCUT2D eigenvalue weighted by Crippen LogP contribution is 2.30. The molecule has 0 saturated carbocycles. The minimum Gasteiger partial charge on any atom is -0.372 e. The maximum Gasteiger partial charge on any atom is 0.261 e. The summed E-state index contributed by atoms with van der Waals surface area (Å²) >= 11 is 0. The summed E-state index contributed by atoms with van der Waals surface area (Å²) in [6.07, 6.45) is 2.23. The van der Waals surface area contributed by atoms with Crippen molar-refractivity contribution < 1.29 is 9.90 Å². The second-order valence-corrected chi connectivity index (χ2v) is 6.36. The Morgan fingerprint density at radius 3 is 2.12 bits per heavy atom. The van der Waals surface area contributed by atoms with Gasteiger partial charge >= 0.3 is 0 Å². The first-order valence-electron chi connectivity index (χ1n) is 8.53. The van der Waals surface area contributed by atoms with E-state index in [4.69, 9.17) is 0 Å². The lowest BCUT2D eigenvalue weighted by molar-refractivity contribution is -0.136. The molecule has 1 unspecified atom stereocenters. The molecule has 3 rings (SSSR count). The minimum absolute atomic E-state index is 0. The third-order valence-corrected chi connectivity index (χ3v) is 4.66. The SMILES string of the molecule is Cl.O=C(NCC1CCCNC1)C(O)(c1ccccc1)c1ccccc1. The van der Waals surface area contributed by atoms with Gasteiger partial charge in [0.25, 0.3) is 5.91 Å². The Balaban J connectivity index is 0.00000225. The van der Waals surface area contributed by atoms with Gasteiger partial charge in [0.2, 0.25) is 0 Å². The molecule has 5 heteroatoms. The Kier molecular flexibility index (Phi) is 7.00. The van der Waals surface area contributed by atoms with Crippen molar-refractivity contribution in [1.29, 1.82) is 0 Å². The van der Waals surface area contributed by atoms with E-state index in [1.54, 1.807) is 24.3 Å². The van der Waals surface area contributed by atoms with Crippen molar-refractivity contribution in [2.24, 2.45) is 5.92 Å². The van der Waals surface area contributed by atoms with E-state index in [-0.39, 0.29) is 18.3 Å². The van der Waals surface area contributed by atoms with Gasteiger partial charge in [-0.05, 0) is 43.0 Å². The summed E-state index contributed by atoms with van der Waals surface area (Å²) in [6, 6.07) is 18.2. The highest BCUT2D eigenvalue weighted by Gasteiger charge is 2.39. The molecule has 2 aromatic carbocycles. The quantitative estimate of drug-likeness (QED) is 0.767. The zero-order valence-corrected chi connectivity index (χ0v) is 15.0.